The fraction of sp³-hybridized carbons (Fsp3) is 0.240. The Labute approximate surface area is 219 Å². The summed E-state index contributed by atoms with van der Waals surface area (Å²) in [7, 11) is 0.144. The Hall–Kier alpha value is -4.52. The van der Waals surface area contributed by atoms with Crippen molar-refractivity contribution >= 4 is 21.8 Å². The predicted octanol–water partition coefficient (Wildman–Crippen LogP) is 3.07. The molecule has 0 amide bonds. The van der Waals surface area contributed by atoms with E-state index in [4.69, 9.17) is 14.2 Å². The van der Waals surface area contributed by atoms with Gasteiger partial charge in [-0.1, -0.05) is 18.2 Å². The van der Waals surface area contributed by atoms with E-state index >= 15 is 0 Å². The highest BCUT2D eigenvalue weighted by Crippen LogP contribution is 2.38. The van der Waals surface area contributed by atoms with Crippen LogP contribution in [0.3, 0.4) is 0 Å². The monoisotopic (exact) mass is 538 g/mol. The largest absolute Gasteiger partial charge is 0.497 e. The Kier molecular flexibility index (Phi) is 7.57. The van der Waals surface area contributed by atoms with E-state index in [0.717, 1.165) is 5.56 Å². The molecule has 13 heteroatoms. The molecule has 38 heavy (non-hydrogen) atoms. The van der Waals surface area contributed by atoms with E-state index < -0.39 is 21.1 Å². The van der Waals surface area contributed by atoms with Gasteiger partial charge in [0.1, 0.15) is 28.2 Å². The van der Waals surface area contributed by atoms with E-state index in [1.165, 1.54) is 45.2 Å². The third-order valence-corrected chi connectivity index (χ3v) is 7.30. The number of rotatable bonds is 10. The normalized spacial score (nSPS) is 12.0. The predicted molar refractivity (Wildman–Crippen MR) is 140 cm³/mol. The number of ketones is 1. The summed E-state index contributed by atoms with van der Waals surface area (Å²) in [5.74, 6) is 0.394. The van der Waals surface area contributed by atoms with Gasteiger partial charge in [0.05, 0.1) is 21.3 Å². The molecule has 4 aromatic rings. The van der Waals surface area contributed by atoms with Gasteiger partial charge in [-0.3, -0.25) is 14.1 Å². The van der Waals surface area contributed by atoms with Crippen molar-refractivity contribution < 1.29 is 27.4 Å². The Morgan fingerprint density at radius 2 is 1.58 bits per heavy atom. The van der Waals surface area contributed by atoms with Crippen LogP contribution in [0, 0.1) is 6.92 Å². The van der Waals surface area contributed by atoms with Crippen molar-refractivity contribution in [3.63, 3.8) is 0 Å². The number of ether oxygens (including phenoxy) is 3. The van der Waals surface area contributed by atoms with Gasteiger partial charge >= 0.3 is 0 Å². The molecule has 0 unspecified atom stereocenters. The van der Waals surface area contributed by atoms with Crippen LogP contribution >= 0.6 is 0 Å². The molecule has 12 nitrogen and oxygen atoms in total. The standard InChI is InChI=1S/C25H26N6O6S/c1-15-13-26-23(27-14-15)22(32)16(2)38(33,34)30-25-29-28-24(17-8-6-9-18(12-17)35-3)31(25)21-19(36-4)10-7-11-20(21)37-5/h6-14,16H,1-5H3,(H,29,30)/t16-/m1/s1. The summed E-state index contributed by atoms with van der Waals surface area (Å²) < 4.78 is 47.0. The highest BCUT2D eigenvalue weighted by Gasteiger charge is 2.33. The van der Waals surface area contributed by atoms with Crippen molar-refractivity contribution in [1.82, 2.24) is 24.7 Å². The van der Waals surface area contributed by atoms with Crippen molar-refractivity contribution in [3.8, 4) is 34.3 Å². The highest BCUT2D eigenvalue weighted by molar-refractivity contribution is 7.94. The first-order chi connectivity index (χ1) is 18.2. The van der Waals surface area contributed by atoms with Crippen LogP contribution in [0.15, 0.2) is 54.9 Å². The summed E-state index contributed by atoms with van der Waals surface area (Å²) >= 11 is 0. The summed E-state index contributed by atoms with van der Waals surface area (Å²) in [5.41, 5.74) is 1.66. The molecule has 0 aliphatic carbocycles. The lowest BCUT2D eigenvalue weighted by Crippen LogP contribution is -2.34. The van der Waals surface area contributed by atoms with Crippen LogP contribution in [0.25, 0.3) is 17.1 Å². The van der Waals surface area contributed by atoms with Crippen LogP contribution < -0.4 is 18.9 Å². The number of carbonyl (C=O) groups is 1. The van der Waals surface area contributed by atoms with Crippen molar-refractivity contribution in [2.75, 3.05) is 26.1 Å². The Balaban J connectivity index is 1.85. The number of benzene rings is 2. The van der Waals surface area contributed by atoms with Crippen molar-refractivity contribution in [2.24, 2.45) is 0 Å². The Morgan fingerprint density at radius 3 is 2.18 bits per heavy atom. The Bertz CT molecular complexity index is 1550. The number of anilines is 1. The minimum atomic E-state index is -4.33. The number of nitrogens with zero attached hydrogens (tertiary/aromatic N) is 5. The first kappa shape index (κ1) is 26.5. The van der Waals surface area contributed by atoms with Crippen LogP contribution in [-0.2, 0) is 10.0 Å². The van der Waals surface area contributed by atoms with Gasteiger partial charge in [0.25, 0.3) is 0 Å². The van der Waals surface area contributed by atoms with Crippen LogP contribution in [0.4, 0.5) is 5.95 Å². The number of aromatic nitrogens is 5. The summed E-state index contributed by atoms with van der Waals surface area (Å²) in [4.78, 5) is 20.8. The quantitative estimate of drug-likeness (QED) is 0.299. The van der Waals surface area contributed by atoms with Crippen molar-refractivity contribution in [1.29, 1.82) is 0 Å². The fourth-order valence-corrected chi connectivity index (χ4v) is 4.57. The molecular weight excluding hydrogens is 512 g/mol. The van der Waals surface area contributed by atoms with Crippen LogP contribution in [0.5, 0.6) is 17.2 Å². The molecule has 2 aromatic carbocycles. The maximum atomic E-state index is 13.4. The zero-order valence-corrected chi connectivity index (χ0v) is 22.2. The minimum absolute atomic E-state index is 0.185. The molecule has 0 aliphatic heterocycles. The average Bonchev–Trinajstić information content (AvgIpc) is 3.34. The zero-order valence-electron chi connectivity index (χ0n) is 21.4. The number of Topliss-reactive ketones (excluding diaryl/α,β-unsaturated/α-hetero) is 1. The van der Waals surface area contributed by atoms with Gasteiger partial charge in [-0.15, -0.1) is 10.2 Å². The van der Waals surface area contributed by atoms with Gasteiger partial charge in [-0.2, -0.15) is 0 Å². The first-order valence-electron chi connectivity index (χ1n) is 11.4. The molecule has 0 saturated heterocycles. The lowest BCUT2D eigenvalue weighted by molar-refractivity contribution is 0.0981. The van der Waals surface area contributed by atoms with Crippen LogP contribution in [-0.4, -0.2) is 65.5 Å². The van der Waals surface area contributed by atoms with Crippen molar-refractivity contribution in [3.05, 3.63) is 66.2 Å². The molecule has 0 bridgehead atoms. The SMILES string of the molecule is COc1cccc(-c2nnc(NS(=O)(=O)[C@H](C)C(=O)c3ncc(C)cn3)n2-c2c(OC)cccc2OC)c1. The maximum absolute atomic E-state index is 13.4. The second-order valence-corrected chi connectivity index (χ2v) is 10.2. The number of sulfonamides is 1. The number of hydrogen-bond acceptors (Lipinski definition) is 10. The van der Waals surface area contributed by atoms with Gasteiger partial charge in [0.2, 0.25) is 21.8 Å². The molecule has 2 heterocycles. The number of nitrogens with one attached hydrogen (secondary N) is 1. The molecule has 0 saturated carbocycles. The molecule has 1 atom stereocenters. The number of methoxy groups -OCH3 is 3. The topological polar surface area (TPSA) is 147 Å². The van der Waals surface area contributed by atoms with E-state index in [9.17, 15) is 13.2 Å². The van der Waals surface area contributed by atoms with Gasteiger partial charge in [0, 0.05) is 18.0 Å². The lowest BCUT2D eigenvalue weighted by Gasteiger charge is -2.18. The maximum Gasteiger partial charge on any atom is 0.245 e. The minimum Gasteiger partial charge on any atom is -0.497 e. The molecule has 2 aromatic heterocycles. The first-order valence-corrected chi connectivity index (χ1v) is 12.9. The third-order valence-electron chi connectivity index (χ3n) is 5.69. The summed E-state index contributed by atoms with van der Waals surface area (Å²) in [6.07, 6.45) is 2.88. The van der Waals surface area contributed by atoms with Gasteiger partial charge < -0.3 is 14.2 Å². The summed E-state index contributed by atoms with van der Waals surface area (Å²) in [6, 6.07) is 12.1. The molecule has 0 spiro atoms. The van der Waals surface area contributed by atoms with E-state index in [1.807, 2.05) is 0 Å². The van der Waals surface area contributed by atoms with Crippen molar-refractivity contribution in [2.45, 2.75) is 19.1 Å². The van der Waals surface area contributed by atoms with Gasteiger partial charge in [0.15, 0.2) is 11.6 Å². The fourth-order valence-electron chi connectivity index (χ4n) is 3.62. The smallest absolute Gasteiger partial charge is 0.245 e. The van der Waals surface area contributed by atoms with Gasteiger partial charge in [-0.25, -0.2) is 18.4 Å². The molecule has 0 fully saturated rings. The second kappa shape index (κ2) is 10.8. The van der Waals surface area contributed by atoms with E-state index in [1.54, 1.807) is 49.4 Å². The molecule has 198 valence electrons. The van der Waals surface area contributed by atoms with E-state index in [-0.39, 0.29) is 17.6 Å². The molecular formula is C25H26N6O6S. The molecule has 4 rings (SSSR count). The van der Waals surface area contributed by atoms with E-state index in [0.29, 0.717) is 28.5 Å². The second-order valence-electron chi connectivity index (χ2n) is 8.16. The molecule has 1 N–H and O–H groups in total. The number of aryl methyl sites for hydroxylation is 1. The summed E-state index contributed by atoms with van der Waals surface area (Å²) in [5, 5.41) is 6.84. The highest BCUT2D eigenvalue weighted by atomic mass is 32.2. The summed E-state index contributed by atoms with van der Waals surface area (Å²) in [6.45, 7) is 3.01. The third kappa shape index (κ3) is 5.13. The van der Waals surface area contributed by atoms with Gasteiger partial charge in [-0.05, 0) is 43.7 Å². The number of carbonyl (C=O) groups excluding carboxylic acids is 1. The average molecular weight is 539 g/mol. The Morgan fingerprint density at radius 1 is 0.947 bits per heavy atom. The van der Waals surface area contributed by atoms with Crippen LogP contribution in [0.1, 0.15) is 23.1 Å². The molecule has 0 aliphatic rings. The lowest BCUT2D eigenvalue weighted by atomic mass is 10.2. The number of para-hydroxylation sites is 1. The number of hydrogen-bond donors (Lipinski definition) is 1. The van der Waals surface area contributed by atoms with Crippen LogP contribution in [0.2, 0.25) is 0 Å². The molecule has 0 radical (unpaired) electrons. The van der Waals surface area contributed by atoms with E-state index in [2.05, 4.69) is 24.9 Å². The zero-order chi connectivity index (χ0) is 27.4.